The molecular weight excluding hydrogens is 318 g/mol. The molecule has 0 aliphatic heterocycles. The largest absolute Gasteiger partial charge is 0.479 e. The van der Waals surface area contributed by atoms with Gasteiger partial charge >= 0.3 is 0 Å². The molecule has 20 heavy (non-hydrogen) atoms. The summed E-state index contributed by atoms with van der Waals surface area (Å²) in [7, 11) is 0. The summed E-state index contributed by atoms with van der Waals surface area (Å²) in [5.74, 6) is 0.174. The number of hydrogen-bond acceptors (Lipinski definition) is 6. The highest BCUT2D eigenvalue weighted by atomic mass is 35.5. The molecule has 0 saturated carbocycles. The second-order valence-corrected chi connectivity index (χ2v) is 6.20. The van der Waals surface area contributed by atoms with Gasteiger partial charge in [0.15, 0.2) is 10.4 Å². The minimum atomic E-state index is -0.684. The van der Waals surface area contributed by atoms with Gasteiger partial charge in [0.05, 0.1) is 5.02 Å². The van der Waals surface area contributed by atoms with Crippen LogP contribution in [0.5, 0.6) is 5.75 Å². The molecule has 0 spiro atoms. The number of hydrogen-bond donors (Lipinski definition) is 1. The van der Waals surface area contributed by atoms with Crippen LogP contribution in [-0.4, -0.2) is 28.5 Å². The first-order valence-electron chi connectivity index (χ1n) is 5.69. The zero-order chi connectivity index (χ0) is 14.5. The number of nitrogens with one attached hydrogen (secondary N) is 1. The van der Waals surface area contributed by atoms with Crippen LogP contribution in [-0.2, 0) is 4.79 Å². The predicted molar refractivity (Wildman–Crippen MR) is 81.9 cm³/mol. The lowest BCUT2D eigenvalue weighted by atomic mass is 10.3. The molecule has 106 valence electrons. The molecule has 1 heterocycles. The van der Waals surface area contributed by atoms with Crippen molar-refractivity contribution >= 4 is 45.7 Å². The van der Waals surface area contributed by atoms with Crippen LogP contribution >= 0.6 is 34.7 Å². The van der Waals surface area contributed by atoms with E-state index in [1.807, 2.05) is 6.26 Å². The number of aromatic nitrogens is 2. The van der Waals surface area contributed by atoms with Crippen molar-refractivity contribution in [3.8, 4) is 5.75 Å². The average Bonchev–Trinajstić information content (AvgIpc) is 2.89. The van der Waals surface area contributed by atoms with Crippen molar-refractivity contribution in [3.63, 3.8) is 0 Å². The highest BCUT2D eigenvalue weighted by Gasteiger charge is 2.17. The maximum absolute atomic E-state index is 12.0. The van der Waals surface area contributed by atoms with Gasteiger partial charge in [-0.3, -0.25) is 10.1 Å². The summed E-state index contributed by atoms with van der Waals surface area (Å²) in [6.45, 7) is 1.65. The third kappa shape index (κ3) is 3.84. The van der Waals surface area contributed by atoms with Gasteiger partial charge in [0.1, 0.15) is 5.75 Å². The number of carbonyl (C=O) groups is 1. The maximum Gasteiger partial charge on any atom is 0.266 e. The number of amides is 1. The maximum atomic E-state index is 12.0. The molecule has 0 radical (unpaired) electrons. The lowest BCUT2D eigenvalue weighted by molar-refractivity contribution is -0.122. The second-order valence-electron chi connectivity index (χ2n) is 3.76. The topological polar surface area (TPSA) is 64.1 Å². The van der Waals surface area contributed by atoms with E-state index >= 15 is 0 Å². The van der Waals surface area contributed by atoms with Crippen LogP contribution in [0.4, 0.5) is 5.13 Å². The summed E-state index contributed by atoms with van der Waals surface area (Å²) < 4.78 is 6.31. The molecular formula is C12H12ClN3O2S2. The van der Waals surface area contributed by atoms with E-state index < -0.39 is 6.10 Å². The molecule has 5 nitrogen and oxygen atoms in total. The second kappa shape index (κ2) is 6.92. The predicted octanol–water partition coefficient (Wildman–Crippen LogP) is 3.32. The SMILES string of the molecule is CSc1nnc(NC(=O)C(C)Oc2ccccc2Cl)s1. The highest BCUT2D eigenvalue weighted by molar-refractivity contribution is 8.00. The van der Waals surface area contributed by atoms with Gasteiger partial charge in [-0.1, -0.05) is 46.8 Å². The molecule has 2 aromatic rings. The lowest BCUT2D eigenvalue weighted by Gasteiger charge is -2.14. The number of benzene rings is 1. The van der Waals surface area contributed by atoms with Crippen molar-refractivity contribution < 1.29 is 9.53 Å². The summed E-state index contributed by atoms with van der Waals surface area (Å²) in [6.07, 6.45) is 1.21. The fraction of sp³-hybridized carbons (Fsp3) is 0.250. The van der Waals surface area contributed by atoms with Gasteiger partial charge < -0.3 is 4.74 Å². The third-order valence-corrected chi connectivity index (χ3v) is 4.45. The van der Waals surface area contributed by atoms with Gasteiger partial charge in [-0.2, -0.15) is 0 Å². The molecule has 1 unspecified atom stereocenters. The number of para-hydroxylation sites is 1. The number of ether oxygens (including phenoxy) is 1. The van der Waals surface area contributed by atoms with Crippen LogP contribution in [0.2, 0.25) is 5.02 Å². The minimum absolute atomic E-state index is 0.297. The van der Waals surface area contributed by atoms with Crippen molar-refractivity contribution in [3.05, 3.63) is 29.3 Å². The molecule has 1 amide bonds. The monoisotopic (exact) mass is 329 g/mol. The zero-order valence-corrected chi connectivity index (χ0v) is 13.2. The van der Waals surface area contributed by atoms with E-state index in [1.54, 1.807) is 31.2 Å². The summed E-state index contributed by atoms with van der Waals surface area (Å²) in [5.41, 5.74) is 0. The van der Waals surface area contributed by atoms with Crippen molar-refractivity contribution in [2.75, 3.05) is 11.6 Å². The third-order valence-electron chi connectivity index (χ3n) is 2.32. The summed E-state index contributed by atoms with van der Waals surface area (Å²) in [5, 5.41) is 11.3. The molecule has 0 fully saturated rings. The van der Waals surface area contributed by atoms with E-state index in [2.05, 4.69) is 15.5 Å². The van der Waals surface area contributed by atoms with Gasteiger partial charge in [-0.25, -0.2) is 0 Å². The Bertz CT molecular complexity index is 606. The van der Waals surface area contributed by atoms with Crippen molar-refractivity contribution in [1.29, 1.82) is 0 Å². The fourth-order valence-electron chi connectivity index (χ4n) is 1.33. The van der Waals surface area contributed by atoms with Gasteiger partial charge in [-0.05, 0) is 25.3 Å². The Balaban J connectivity index is 1.97. The molecule has 1 N–H and O–H groups in total. The smallest absolute Gasteiger partial charge is 0.266 e. The molecule has 0 bridgehead atoms. The van der Waals surface area contributed by atoms with Crippen molar-refractivity contribution in [2.45, 2.75) is 17.4 Å². The number of anilines is 1. The molecule has 2 rings (SSSR count). The first-order chi connectivity index (χ1) is 9.60. The van der Waals surface area contributed by atoms with Gasteiger partial charge in [0.25, 0.3) is 5.91 Å². The Kier molecular flexibility index (Phi) is 5.22. The van der Waals surface area contributed by atoms with Crippen LogP contribution in [0, 0.1) is 0 Å². The Hall–Kier alpha value is -1.31. The standard InChI is InChI=1S/C12H12ClN3O2S2/c1-7(18-9-6-4-3-5-8(9)13)10(17)14-11-15-16-12(19-2)20-11/h3-7H,1-2H3,(H,14,15,17). The molecule has 1 aromatic heterocycles. The normalized spacial score (nSPS) is 11.9. The van der Waals surface area contributed by atoms with E-state index in [1.165, 1.54) is 23.1 Å². The van der Waals surface area contributed by atoms with Crippen LogP contribution < -0.4 is 10.1 Å². The molecule has 0 aliphatic rings. The lowest BCUT2D eigenvalue weighted by Crippen LogP contribution is -2.30. The molecule has 1 aromatic carbocycles. The number of thioether (sulfide) groups is 1. The average molecular weight is 330 g/mol. The Morgan fingerprint density at radius 3 is 2.85 bits per heavy atom. The fourth-order valence-corrected chi connectivity index (χ4v) is 2.69. The van der Waals surface area contributed by atoms with E-state index in [9.17, 15) is 4.79 Å². The minimum Gasteiger partial charge on any atom is -0.479 e. The van der Waals surface area contributed by atoms with Gasteiger partial charge in [0.2, 0.25) is 5.13 Å². The van der Waals surface area contributed by atoms with Crippen LogP contribution in [0.3, 0.4) is 0 Å². The van der Waals surface area contributed by atoms with E-state index in [0.717, 1.165) is 4.34 Å². The highest BCUT2D eigenvalue weighted by Crippen LogP contribution is 2.25. The summed E-state index contributed by atoms with van der Waals surface area (Å²) in [4.78, 5) is 12.0. The number of halogens is 1. The Morgan fingerprint density at radius 2 is 2.20 bits per heavy atom. The Morgan fingerprint density at radius 1 is 1.45 bits per heavy atom. The molecule has 1 atom stereocenters. The number of carbonyl (C=O) groups excluding carboxylic acids is 1. The quantitative estimate of drug-likeness (QED) is 0.673. The molecule has 0 aliphatic carbocycles. The van der Waals surface area contributed by atoms with Gasteiger partial charge in [-0.15, -0.1) is 10.2 Å². The van der Waals surface area contributed by atoms with Crippen LogP contribution in [0.15, 0.2) is 28.6 Å². The van der Waals surface area contributed by atoms with Crippen molar-refractivity contribution in [1.82, 2.24) is 10.2 Å². The number of rotatable bonds is 5. The van der Waals surface area contributed by atoms with Gasteiger partial charge in [0, 0.05) is 0 Å². The number of nitrogens with zero attached hydrogens (tertiary/aromatic N) is 2. The summed E-state index contributed by atoms with van der Waals surface area (Å²) in [6, 6.07) is 7.01. The Labute approximate surface area is 129 Å². The summed E-state index contributed by atoms with van der Waals surface area (Å²) >= 11 is 8.77. The first-order valence-corrected chi connectivity index (χ1v) is 8.11. The van der Waals surface area contributed by atoms with Crippen LogP contribution in [0.1, 0.15) is 6.92 Å². The first kappa shape index (κ1) is 15.1. The van der Waals surface area contributed by atoms with Crippen molar-refractivity contribution in [2.24, 2.45) is 0 Å². The van der Waals surface area contributed by atoms with E-state index in [4.69, 9.17) is 16.3 Å². The van der Waals surface area contributed by atoms with E-state index in [-0.39, 0.29) is 5.91 Å². The zero-order valence-electron chi connectivity index (χ0n) is 10.8. The van der Waals surface area contributed by atoms with E-state index in [0.29, 0.717) is 15.9 Å². The molecule has 8 heteroatoms. The van der Waals surface area contributed by atoms with Crippen LogP contribution in [0.25, 0.3) is 0 Å². The molecule has 0 saturated heterocycles.